The van der Waals surface area contributed by atoms with E-state index < -0.39 is 0 Å². The Labute approximate surface area is 154 Å². The molecular formula is C19H17FIN3. The highest BCUT2D eigenvalue weighted by Gasteiger charge is 2.22. The molecule has 0 bridgehead atoms. The number of halogens is 2. The number of anilines is 1. The summed E-state index contributed by atoms with van der Waals surface area (Å²) in [6.45, 7) is 0.936. The van der Waals surface area contributed by atoms with E-state index >= 15 is 0 Å². The van der Waals surface area contributed by atoms with Crippen molar-refractivity contribution in [3.05, 3.63) is 63.5 Å². The van der Waals surface area contributed by atoms with Gasteiger partial charge < -0.3 is 5.32 Å². The molecule has 5 heteroatoms. The van der Waals surface area contributed by atoms with Gasteiger partial charge in [-0.1, -0.05) is 18.2 Å². The van der Waals surface area contributed by atoms with Crippen molar-refractivity contribution in [3.63, 3.8) is 0 Å². The number of benzene rings is 2. The zero-order chi connectivity index (χ0) is 16.5. The fourth-order valence-electron chi connectivity index (χ4n) is 3.14. The number of rotatable bonds is 2. The average molecular weight is 433 g/mol. The van der Waals surface area contributed by atoms with Crippen molar-refractivity contribution < 1.29 is 4.39 Å². The molecule has 0 amide bonds. The zero-order valence-electron chi connectivity index (χ0n) is 13.1. The first-order valence-electron chi connectivity index (χ1n) is 8.10. The normalized spacial score (nSPS) is 13.9. The minimum Gasteiger partial charge on any atom is -0.370 e. The number of nitrogens with one attached hydrogen (secondary N) is 1. The van der Waals surface area contributed by atoms with Gasteiger partial charge in [-0.15, -0.1) is 0 Å². The summed E-state index contributed by atoms with van der Waals surface area (Å²) in [5, 5.41) is 8.41. The fraction of sp³-hybridized carbons (Fsp3) is 0.211. The van der Waals surface area contributed by atoms with Crippen molar-refractivity contribution >= 4 is 28.4 Å². The second-order valence-corrected chi connectivity index (χ2v) is 7.09. The van der Waals surface area contributed by atoms with Crippen LogP contribution in [0.25, 0.3) is 16.9 Å². The topological polar surface area (TPSA) is 29.9 Å². The van der Waals surface area contributed by atoms with Gasteiger partial charge in [-0.3, -0.25) is 0 Å². The number of aromatic nitrogens is 2. The molecule has 0 radical (unpaired) electrons. The van der Waals surface area contributed by atoms with Crippen LogP contribution >= 0.6 is 22.6 Å². The third kappa shape index (κ3) is 2.81. The maximum Gasteiger partial charge on any atom is 0.133 e. The Morgan fingerprint density at radius 2 is 1.83 bits per heavy atom. The van der Waals surface area contributed by atoms with Gasteiger partial charge >= 0.3 is 0 Å². The van der Waals surface area contributed by atoms with E-state index in [1.807, 2.05) is 16.8 Å². The van der Waals surface area contributed by atoms with Crippen LogP contribution in [0.2, 0.25) is 0 Å². The second kappa shape index (κ2) is 6.55. The summed E-state index contributed by atoms with van der Waals surface area (Å²) in [7, 11) is 0. The first-order chi connectivity index (χ1) is 11.7. The van der Waals surface area contributed by atoms with Crippen LogP contribution < -0.4 is 5.32 Å². The number of hydrogen-bond donors (Lipinski definition) is 1. The summed E-state index contributed by atoms with van der Waals surface area (Å²) in [6, 6.07) is 14.8. The lowest BCUT2D eigenvalue weighted by atomic mass is 10.0. The lowest BCUT2D eigenvalue weighted by Gasteiger charge is -2.09. The maximum absolute atomic E-state index is 13.3. The van der Waals surface area contributed by atoms with Gasteiger partial charge in [-0.2, -0.15) is 5.10 Å². The lowest BCUT2D eigenvalue weighted by Crippen LogP contribution is -2.07. The van der Waals surface area contributed by atoms with Crippen molar-refractivity contribution in [2.75, 3.05) is 11.9 Å². The second-order valence-electron chi connectivity index (χ2n) is 5.93. The van der Waals surface area contributed by atoms with Gasteiger partial charge in [0, 0.05) is 21.2 Å². The highest BCUT2D eigenvalue weighted by Crippen LogP contribution is 2.35. The summed E-state index contributed by atoms with van der Waals surface area (Å²) >= 11 is 2.36. The highest BCUT2D eigenvalue weighted by atomic mass is 127. The standard InChI is InChI=1S/C19H17FIN3/c20-13-8-10-14(11-9-13)24-19-16(6-3-4-12-22-19)18(23-24)15-5-1-2-7-17(15)21/h1-2,5,7-11,22H,3-4,6,12H2. The van der Waals surface area contributed by atoms with Crippen LogP contribution in [0, 0.1) is 9.39 Å². The molecule has 3 nitrogen and oxygen atoms in total. The molecule has 0 spiro atoms. The average Bonchev–Trinajstić information content (AvgIpc) is 2.78. The molecule has 1 aliphatic heterocycles. The Balaban J connectivity index is 1.92. The van der Waals surface area contributed by atoms with Crippen molar-refractivity contribution in [3.8, 4) is 16.9 Å². The third-order valence-electron chi connectivity index (χ3n) is 4.33. The molecule has 2 heterocycles. The predicted molar refractivity (Wildman–Crippen MR) is 103 cm³/mol. The summed E-state index contributed by atoms with van der Waals surface area (Å²) in [4.78, 5) is 0. The van der Waals surface area contributed by atoms with E-state index in [0.717, 1.165) is 48.6 Å². The third-order valence-corrected chi connectivity index (χ3v) is 5.27. The van der Waals surface area contributed by atoms with E-state index in [4.69, 9.17) is 5.10 Å². The molecule has 0 unspecified atom stereocenters. The minimum atomic E-state index is -0.234. The van der Waals surface area contributed by atoms with Crippen LogP contribution in [-0.4, -0.2) is 16.3 Å². The van der Waals surface area contributed by atoms with Crippen LogP contribution in [0.1, 0.15) is 18.4 Å². The smallest absolute Gasteiger partial charge is 0.133 e. The molecule has 0 saturated carbocycles. The lowest BCUT2D eigenvalue weighted by molar-refractivity contribution is 0.627. The molecule has 0 atom stereocenters. The fourth-order valence-corrected chi connectivity index (χ4v) is 3.78. The molecule has 2 aromatic carbocycles. The van der Waals surface area contributed by atoms with E-state index in [1.54, 1.807) is 12.1 Å². The van der Waals surface area contributed by atoms with E-state index in [2.05, 4.69) is 40.0 Å². The molecular weight excluding hydrogens is 416 g/mol. The molecule has 3 aromatic rings. The Morgan fingerprint density at radius 3 is 2.62 bits per heavy atom. The summed E-state index contributed by atoms with van der Waals surface area (Å²) in [6.07, 6.45) is 3.29. The van der Waals surface area contributed by atoms with Crippen LogP contribution in [0.3, 0.4) is 0 Å². The molecule has 1 aromatic heterocycles. The van der Waals surface area contributed by atoms with Gasteiger partial charge in [0.1, 0.15) is 11.6 Å². The van der Waals surface area contributed by atoms with Crippen molar-refractivity contribution in [2.45, 2.75) is 19.3 Å². The molecule has 1 aliphatic rings. The largest absolute Gasteiger partial charge is 0.370 e. The minimum absolute atomic E-state index is 0.234. The van der Waals surface area contributed by atoms with Crippen LogP contribution in [-0.2, 0) is 6.42 Å². The highest BCUT2D eigenvalue weighted by molar-refractivity contribution is 14.1. The first-order valence-corrected chi connectivity index (χ1v) is 9.18. The number of nitrogens with zero attached hydrogens (tertiary/aromatic N) is 2. The Hall–Kier alpha value is -1.89. The molecule has 122 valence electrons. The van der Waals surface area contributed by atoms with Gasteiger partial charge in [0.25, 0.3) is 0 Å². The molecule has 0 saturated heterocycles. The summed E-state index contributed by atoms with van der Waals surface area (Å²) in [5.74, 6) is 0.802. The molecule has 24 heavy (non-hydrogen) atoms. The zero-order valence-corrected chi connectivity index (χ0v) is 15.3. The Morgan fingerprint density at radius 1 is 1.04 bits per heavy atom. The van der Waals surface area contributed by atoms with E-state index in [0.29, 0.717) is 0 Å². The van der Waals surface area contributed by atoms with E-state index in [9.17, 15) is 4.39 Å². The predicted octanol–water partition coefficient (Wildman–Crippen LogP) is 5.03. The van der Waals surface area contributed by atoms with Crippen molar-refractivity contribution in [2.24, 2.45) is 0 Å². The van der Waals surface area contributed by atoms with Gasteiger partial charge in [-0.25, -0.2) is 9.07 Å². The Kier molecular flexibility index (Phi) is 4.26. The van der Waals surface area contributed by atoms with Crippen molar-refractivity contribution in [1.82, 2.24) is 9.78 Å². The van der Waals surface area contributed by atoms with Crippen LogP contribution in [0.4, 0.5) is 10.2 Å². The van der Waals surface area contributed by atoms with Gasteiger partial charge in [0.15, 0.2) is 0 Å². The SMILES string of the molecule is Fc1ccc(-n2nc(-c3ccccc3I)c3c2NCCCC3)cc1. The monoisotopic (exact) mass is 433 g/mol. The van der Waals surface area contributed by atoms with Gasteiger partial charge in [0.2, 0.25) is 0 Å². The van der Waals surface area contributed by atoms with Crippen molar-refractivity contribution in [1.29, 1.82) is 0 Å². The molecule has 1 N–H and O–H groups in total. The summed E-state index contributed by atoms with van der Waals surface area (Å²) < 4.78 is 16.4. The van der Waals surface area contributed by atoms with Gasteiger partial charge in [0.05, 0.1) is 11.4 Å². The van der Waals surface area contributed by atoms with E-state index in [-0.39, 0.29) is 5.82 Å². The van der Waals surface area contributed by atoms with Crippen LogP contribution in [0.15, 0.2) is 48.5 Å². The first kappa shape index (κ1) is 15.6. The van der Waals surface area contributed by atoms with Crippen LogP contribution in [0.5, 0.6) is 0 Å². The van der Waals surface area contributed by atoms with E-state index in [1.165, 1.54) is 21.3 Å². The molecule has 0 fully saturated rings. The van der Waals surface area contributed by atoms with Gasteiger partial charge in [-0.05, 0) is 72.2 Å². The molecule has 0 aliphatic carbocycles. The maximum atomic E-state index is 13.3. The molecule has 4 rings (SSSR count). The summed E-state index contributed by atoms with van der Waals surface area (Å²) in [5.41, 5.74) is 4.30. The number of fused-ring (bicyclic) bond motifs is 1. The number of hydrogen-bond acceptors (Lipinski definition) is 2. The quantitative estimate of drug-likeness (QED) is 0.575. The Bertz CT molecular complexity index is 871.